The second-order valence-electron chi connectivity index (χ2n) is 7.76. The Morgan fingerprint density at radius 3 is 2.62 bits per heavy atom. The van der Waals surface area contributed by atoms with Crippen LogP contribution in [0.4, 0.5) is 5.69 Å². The van der Waals surface area contributed by atoms with Crippen molar-refractivity contribution in [1.29, 1.82) is 0 Å². The number of hydrogen-bond donors (Lipinski definition) is 3. The third kappa shape index (κ3) is 3.20. The predicted molar refractivity (Wildman–Crippen MR) is 111 cm³/mol. The van der Waals surface area contributed by atoms with Gasteiger partial charge >= 0.3 is 0 Å². The van der Waals surface area contributed by atoms with Gasteiger partial charge in [-0.1, -0.05) is 13.8 Å². The van der Waals surface area contributed by atoms with Crippen LogP contribution in [-0.2, 0) is 16.9 Å². The standard InChI is InChI=1S/C20H23N3O5S/c1-10(2)17-19(24)22-15-8-11(29(4,26)27)7-13(18(15)28-17)14-9-23(3)20(25)16-12(14)5-6-21-16/h5-10,17,19,21-22,24H,1-4H3. The number of fused-ring (bicyclic) bond motifs is 2. The molecule has 9 heteroatoms. The molecule has 0 radical (unpaired) electrons. The van der Waals surface area contributed by atoms with E-state index in [4.69, 9.17) is 4.74 Å². The Bertz CT molecular complexity index is 1270. The van der Waals surface area contributed by atoms with Crippen molar-refractivity contribution in [2.24, 2.45) is 13.0 Å². The molecule has 1 aliphatic rings. The fourth-order valence-corrected chi connectivity index (χ4v) is 4.34. The second-order valence-corrected chi connectivity index (χ2v) is 9.78. The van der Waals surface area contributed by atoms with E-state index >= 15 is 0 Å². The lowest BCUT2D eigenvalue weighted by Crippen LogP contribution is -2.44. The number of benzene rings is 1. The highest BCUT2D eigenvalue weighted by molar-refractivity contribution is 7.90. The van der Waals surface area contributed by atoms with Crippen molar-refractivity contribution in [2.75, 3.05) is 11.6 Å². The number of aryl methyl sites for hydroxylation is 1. The summed E-state index contributed by atoms with van der Waals surface area (Å²) in [5.74, 6) is 0.461. The first-order chi connectivity index (χ1) is 13.6. The largest absolute Gasteiger partial charge is 0.483 e. The van der Waals surface area contributed by atoms with Crippen LogP contribution in [0.5, 0.6) is 5.75 Å². The third-order valence-electron chi connectivity index (χ3n) is 5.20. The number of aromatic nitrogens is 2. The number of pyridine rings is 1. The van der Waals surface area contributed by atoms with Gasteiger partial charge in [-0.3, -0.25) is 4.79 Å². The molecule has 2 atom stereocenters. The number of aliphatic hydroxyl groups excluding tert-OH is 1. The molecule has 3 aromatic rings. The molecule has 0 fully saturated rings. The van der Waals surface area contributed by atoms with Crippen LogP contribution in [0.15, 0.2) is 40.3 Å². The van der Waals surface area contributed by atoms with Gasteiger partial charge in [0.05, 0.1) is 10.6 Å². The van der Waals surface area contributed by atoms with Gasteiger partial charge < -0.3 is 24.7 Å². The van der Waals surface area contributed by atoms with Gasteiger partial charge in [0.25, 0.3) is 5.56 Å². The van der Waals surface area contributed by atoms with E-state index in [0.717, 1.165) is 6.26 Å². The zero-order valence-corrected chi connectivity index (χ0v) is 17.4. The first-order valence-electron chi connectivity index (χ1n) is 9.24. The van der Waals surface area contributed by atoms with E-state index in [1.165, 1.54) is 10.6 Å². The van der Waals surface area contributed by atoms with E-state index in [1.807, 2.05) is 13.8 Å². The van der Waals surface area contributed by atoms with Crippen molar-refractivity contribution in [1.82, 2.24) is 9.55 Å². The minimum atomic E-state index is -3.53. The molecule has 29 heavy (non-hydrogen) atoms. The van der Waals surface area contributed by atoms with Crippen LogP contribution < -0.4 is 15.6 Å². The summed E-state index contributed by atoms with van der Waals surface area (Å²) >= 11 is 0. The molecule has 154 valence electrons. The van der Waals surface area contributed by atoms with E-state index in [0.29, 0.717) is 33.5 Å². The van der Waals surface area contributed by atoms with E-state index in [-0.39, 0.29) is 16.4 Å². The highest BCUT2D eigenvalue weighted by Gasteiger charge is 2.33. The van der Waals surface area contributed by atoms with E-state index in [9.17, 15) is 18.3 Å². The maximum atomic E-state index is 12.4. The lowest BCUT2D eigenvalue weighted by atomic mass is 9.98. The summed E-state index contributed by atoms with van der Waals surface area (Å²) in [7, 11) is -1.89. The van der Waals surface area contributed by atoms with Crippen LogP contribution >= 0.6 is 0 Å². The first-order valence-corrected chi connectivity index (χ1v) is 11.1. The third-order valence-corrected chi connectivity index (χ3v) is 6.29. The van der Waals surface area contributed by atoms with Crippen molar-refractivity contribution >= 4 is 26.4 Å². The first kappa shape index (κ1) is 19.5. The van der Waals surface area contributed by atoms with Gasteiger partial charge in [-0.25, -0.2) is 8.42 Å². The number of H-pyrrole nitrogens is 1. The molecule has 2 aromatic heterocycles. The number of aromatic amines is 1. The molecular weight excluding hydrogens is 394 g/mol. The zero-order chi connectivity index (χ0) is 21.1. The summed E-state index contributed by atoms with van der Waals surface area (Å²) in [5, 5.41) is 14.1. The monoisotopic (exact) mass is 417 g/mol. The fraction of sp³-hybridized carbons (Fsp3) is 0.350. The topological polar surface area (TPSA) is 113 Å². The molecule has 0 saturated heterocycles. The van der Waals surface area contributed by atoms with E-state index in [2.05, 4.69) is 10.3 Å². The van der Waals surface area contributed by atoms with Gasteiger partial charge in [0.1, 0.15) is 11.6 Å². The number of rotatable bonds is 3. The number of hydrogen-bond acceptors (Lipinski definition) is 6. The molecule has 0 aliphatic carbocycles. The van der Waals surface area contributed by atoms with Crippen molar-refractivity contribution in [3.05, 3.63) is 40.9 Å². The number of aliphatic hydroxyl groups is 1. The molecule has 1 aliphatic heterocycles. The van der Waals surface area contributed by atoms with Crippen molar-refractivity contribution in [2.45, 2.75) is 31.1 Å². The van der Waals surface area contributed by atoms with Gasteiger partial charge in [-0.2, -0.15) is 0 Å². The highest BCUT2D eigenvalue weighted by Crippen LogP contribution is 2.44. The number of anilines is 1. The van der Waals surface area contributed by atoms with Crippen LogP contribution in [0, 0.1) is 5.92 Å². The summed E-state index contributed by atoms with van der Waals surface area (Å²) in [6.07, 6.45) is 2.97. The van der Waals surface area contributed by atoms with Crippen LogP contribution in [0.3, 0.4) is 0 Å². The SMILES string of the molecule is CC(C)C1Oc2c(cc(S(C)(=O)=O)cc2-c2cn(C)c(=O)c3[nH]ccc23)NC1O. The highest BCUT2D eigenvalue weighted by atomic mass is 32.2. The summed E-state index contributed by atoms with van der Waals surface area (Å²) in [6.45, 7) is 3.86. The summed E-state index contributed by atoms with van der Waals surface area (Å²) in [4.78, 5) is 15.5. The average Bonchev–Trinajstić information content (AvgIpc) is 3.12. The molecular formula is C20H23N3O5S. The number of nitrogens with zero attached hydrogens (tertiary/aromatic N) is 1. The molecule has 4 rings (SSSR count). The Balaban J connectivity index is 2.06. The van der Waals surface area contributed by atoms with Gasteiger partial charge in [0, 0.05) is 42.2 Å². The van der Waals surface area contributed by atoms with E-state index in [1.54, 1.807) is 31.6 Å². The number of ether oxygens (including phenoxy) is 1. The molecule has 2 unspecified atom stereocenters. The number of nitrogens with one attached hydrogen (secondary N) is 2. The Morgan fingerprint density at radius 1 is 1.24 bits per heavy atom. The smallest absolute Gasteiger partial charge is 0.274 e. The fourth-order valence-electron chi connectivity index (χ4n) is 3.68. The molecule has 3 N–H and O–H groups in total. The number of sulfone groups is 1. The van der Waals surface area contributed by atoms with E-state index < -0.39 is 22.2 Å². The van der Waals surface area contributed by atoms with Crippen molar-refractivity contribution in [3.63, 3.8) is 0 Å². The Kier molecular flexibility index (Phi) is 4.47. The van der Waals surface area contributed by atoms with Gasteiger partial charge in [-0.15, -0.1) is 0 Å². The quantitative estimate of drug-likeness (QED) is 0.601. The van der Waals surface area contributed by atoms with Crippen LogP contribution in [0.2, 0.25) is 0 Å². The van der Waals surface area contributed by atoms with Crippen LogP contribution in [0.1, 0.15) is 13.8 Å². The van der Waals surface area contributed by atoms with Crippen molar-refractivity contribution < 1.29 is 18.3 Å². The second kappa shape index (κ2) is 6.64. The Hall–Kier alpha value is -2.78. The maximum absolute atomic E-state index is 12.4. The molecule has 0 spiro atoms. The Labute approximate surface area is 168 Å². The molecule has 0 bridgehead atoms. The van der Waals surface area contributed by atoms with Gasteiger partial charge in [0.2, 0.25) is 0 Å². The van der Waals surface area contributed by atoms with Crippen molar-refractivity contribution in [3.8, 4) is 16.9 Å². The van der Waals surface area contributed by atoms with Gasteiger partial charge in [-0.05, 0) is 24.1 Å². The maximum Gasteiger partial charge on any atom is 0.274 e. The molecule has 8 nitrogen and oxygen atoms in total. The average molecular weight is 417 g/mol. The molecule has 3 heterocycles. The molecule has 0 saturated carbocycles. The van der Waals surface area contributed by atoms with Crippen LogP contribution in [-0.4, -0.2) is 41.7 Å². The Morgan fingerprint density at radius 2 is 1.97 bits per heavy atom. The minimum Gasteiger partial charge on any atom is -0.483 e. The van der Waals surface area contributed by atoms with Crippen LogP contribution in [0.25, 0.3) is 22.0 Å². The lowest BCUT2D eigenvalue weighted by Gasteiger charge is -2.35. The summed E-state index contributed by atoms with van der Waals surface area (Å²) < 4.78 is 32.2. The summed E-state index contributed by atoms with van der Waals surface area (Å²) in [6, 6.07) is 4.79. The minimum absolute atomic E-state index is 0.0143. The van der Waals surface area contributed by atoms with Gasteiger partial charge in [0.15, 0.2) is 21.8 Å². The zero-order valence-electron chi connectivity index (χ0n) is 16.6. The predicted octanol–water partition coefficient (Wildman–Crippen LogP) is 2.08. The summed E-state index contributed by atoms with van der Waals surface area (Å²) in [5.41, 5.74) is 1.83. The molecule has 0 amide bonds. The molecule has 1 aromatic carbocycles. The lowest BCUT2D eigenvalue weighted by molar-refractivity contribution is 0.0174. The normalized spacial score (nSPS) is 19.1.